The minimum absolute atomic E-state index is 0.0229. The highest BCUT2D eigenvalue weighted by Gasteiger charge is 2.35. The van der Waals surface area contributed by atoms with Gasteiger partial charge in [0.05, 0.1) is 5.69 Å². The molecule has 29 heavy (non-hydrogen) atoms. The summed E-state index contributed by atoms with van der Waals surface area (Å²) in [6.07, 6.45) is 1.64. The highest BCUT2D eigenvalue weighted by molar-refractivity contribution is 7.80. The average molecular weight is 424 g/mol. The van der Waals surface area contributed by atoms with E-state index < -0.39 is 11.8 Å². The third-order valence-electron chi connectivity index (χ3n) is 5.25. The lowest BCUT2D eigenvalue weighted by atomic mass is 10.0. The topological polar surface area (TPSA) is 54.3 Å². The molecule has 2 amide bonds. The first-order chi connectivity index (χ1) is 13.8. The van der Waals surface area contributed by atoms with Crippen molar-refractivity contribution in [1.29, 1.82) is 0 Å². The highest BCUT2D eigenvalue weighted by atomic mass is 35.5. The number of carbonyl (C=O) groups is 2. The Labute approximate surface area is 178 Å². The summed E-state index contributed by atoms with van der Waals surface area (Å²) in [5, 5.41) is 4.14. The molecule has 0 bridgehead atoms. The number of benzene rings is 2. The summed E-state index contributed by atoms with van der Waals surface area (Å²) in [5.41, 5.74) is 4.23. The number of halogens is 1. The molecule has 1 saturated heterocycles. The van der Waals surface area contributed by atoms with Crippen molar-refractivity contribution in [1.82, 2.24) is 9.88 Å². The molecule has 146 valence electrons. The Morgan fingerprint density at radius 3 is 2.55 bits per heavy atom. The molecule has 1 aliphatic heterocycles. The molecular weight excluding hydrogens is 406 g/mol. The van der Waals surface area contributed by atoms with E-state index in [2.05, 4.69) is 5.32 Å². The van der Waals surface area contributed by atoms with Crippen LogP contribution in [0.25, 0.3) is 17.0 Å². The Hall–Kier alpha value is -2.96. The van der Waals surface area contributed by atoms with Crippen LogP contribution >= 0.6 is 23.8 Å². The lowest BCUT2D eigenvalue weighted by Crippen LogP contribution is -2.54. The number of hydrogen-bond acceptors (Lipinski definition) is 3. The van der Waals surface area contributed by atoms with E-state index in [0.717, 1.165) is 27.7 Å². The van der Waals surface area contributed by atoms with Gasteiger partial charge < -0.3 is 4.57 Å². The molecule has 1 fully saturated rings. The number of anilines is 1. The Morgan fingerprint density at radius 1 is 1.10 bits per heavy atom. The van der Waals surface area contributed by atoms with Crippen molar-refractivity contribution in [2.75, 3.05) is 4.90 Å². The van der Waals surface area contributed by atoms with Gasteiger partial charge in [0.1, 0.15) is 5.57 Å². The standard InChI is InChI=1S/C22H18ClN3O2S/c1-12-8-9-14(10-18(12)23)26-21(28)17(20(27)24-22(26)29)11-16-13(2)25(3)19-7-5-4-6-15(16)19/h4-11H,1-3H3,(H,24,27,29)/b17-11+. The van der Waals surface area contributed by atoms with Crippen LogP contribution in [-0.2, 0) is 16.6 Å². The smallest absolute Gasteiger partial charge is 0.270 e. The Kier molecular flexibility index (Phi) is 4.76. The van der Waals surface area contributed by atoms with Gasteiger partial charge in [0.25, 0.3) is 11.8 Å². The van der Waals surface area contributed by atoms with E-state index >= 15 is 0 Å². The van der Waals surface area contributed by atoms with Crippen LogP contribution in [0.4, 0.5) is 5.69 Å². The molecule has 1 aliphatic rings. The quantitative estimate of drug-likeness (QED) is 0.380. The molecule has 2 heterocycles. The van der Waals surface area contributed by atoms with Crippen molar-refractivity contribution in [3.63, 3.8) is 0 Å². The van der Waals surface area contributed by atoms with Crippen LogP contribution in [0, 0.1) is 13.8 Å². The van der Waals surface area contributed by atoms with Gasteiger partial charge in [0.15, 0.2) is 5.11 Å². The Balaban J connectivity index is 1.85. The second-order valence-corrected chi connectivity index (χ2v) is 7.76. The van der Waals surface area contributed by atoms with Gasteiger partial charge in [-0.15, -0.1) is 0 Å². The average Bonchev–Trinajstić information content (AvgIpc) is 2.92. The van der Waals surface area contributed by atoms with Crippen molar-refractivity contribution in [2.45, 2.75) is 13.8 Å². The van der Waals surface area contributed by atoms with E-state index in [1.165, 1.54) is 4.90 Å². The molecule has 0 atom stereocenters. The van der Waals surface area contributed by atoms with Crippen molar-refractivity contribution in [3.05, 3.63) is 69.9 Å². The minimum atomic E-state index is -0.512. The predicted molar refractivity (Wildman–Crippen MR) is 120 cm³/mol. The van der Waals surface area contributed by atoms with Crippen LogP contribution in [0.1, 0.15) is 16.8 Å². The molecule has 1 N–H and O–H groups in total. The molecule has 0 aliphatic carbocycles. The summed E-state index contributed by atoms with van der Waals surface area (Å²) in [6, 6.07) is 13.1. The maximum atomic E-state index is 13.3. The molecule has 0 saturated carbocycles. The maximum absolute atomic E-state index is 13.3. The van der Waals surface area contributed by atoms with E-state index in [1.807, 2.05) is 55.8 Å². The van der Waals surface area contributed by atoms with E-state index in [1.54, 1.807) is 18.2 Å². The van der Waals surface area contributed by atoms with Crippen LogP contribution in [-0.4, -0.2) is 21.5 Å². The first kappa shape index (κ1) is 19.4. The van der Waals surface area contributed by atoms with Gasteiger partial charge in [-0.2, -0.15) is 0 Å². The number of nitrogens with one attached hydrogen (secondary N) is 1. The molecule has 0 spiro atoms. The molecule has 0 unspecified atom stereocenters. The van der Waals surface area contributed by atoms with Gasteiger partial charge in [0, 0.05) is 34.2 Å². The Bertz CT molecular complexity index is 1240. The van der Waals surface area contributed by atoms with Gasteiger partial charge in [-0.3, -0.25) is 19.8 Å². The van der Waals surface area contributed by atoms with Crippen LogP contribution in [0.2, 0.25) is 5.02 Å². The fraction of sp³-hybridized carbons (Fsp3) is 0.136. The van der Waals surface area contributed by atoms with Crippen molar-refractivity contribution in [3.8, 4) is 0 Å². The number of amides is 2. The minimum Gasteiger partial charge on any atom is -0.347 e. The summed E-state index contributed by atoms with van der Waals surface area (Å²) >= 11 is 11.5. The number of hydrogen-bond donors (Lipinski definition) is 1. The molecule has 3 aromatic rings. The van der Waals surface area contributed by atoms with Crippen LogP contribution in [0.15, 0.2) is 48.0 Å². The molecular formula is C22H18ClN3O2S. The molecule has 4 rings (SSSR count). The summed E-state index contributed by atoms with van der Waals surface area (Å²) in [5.74, 6) is -0.993. The van der Waals surface area contributed by atoms with Gasteiger partial charge in [-0.05, 0) is 55.9 Å². The van der Waals surface area contributed by atoms with Gasteiger partial charge in [-0.25, -0.2) is 0 Å². The fourth-order valence-electron chi connectivity index (χ4n) is 3.49. The normalized spacial score (nSPS) is 16.1. The van der Waals surface area contributed by atoms with E-state index in [-0.39, 0.29) is 10.7 Å². The highest BCUT2D eigenvalue weighted by Crippen LogP contribution is 2.30. The molecule has 2 aromatic carbocycles. The second-order valence-electron chi connectivity index (χ2n) is 6.97. The summed E-state index contributed by atoms with van der Waals surface area (Å²) in [6.45, 7) is 3.83. The van der Waals surface area contributed by atoms with Gasteiger partial charge in [-0.1, -0.05) is 35.9 Å². The molecule has 1 aromatic heterocycles. The second kappa shape index (κ2) is 7.13. The number of aromatic nitrogens is 1. The summed E-state index contributed by atoms with van der Waals surface area (Å²) in [4.78, 5) is 27.2. The SMILES string of the molecule is Cc1ccc(N2C(=O)/C(=C/c3c(C)n(C)c4ccccc34)C(=O)NC2=S)cc1Cl. The van der Waals surface area contributed by atoms with E-state index in [4.69, 9.17) is 23.8 Å². The number of rotatable bonds is 2. The van der Waals surface area contributed by atoms with Crippen molar-refractivity contribution in [2.24, 2.45) is 7.05 Å². The zero-order chi connectivity index (χ0) is 20.9. The summed E-state index contributed by atoms with van der Waals surface area (Å²) in [7, 11) is 1.96. The lowest BCUT2D eigenvalue weighted by Gasteiger charge is -2.29. The maximum Gasteiger partial charge on any atom is 0.270 e. The lowest BCUT2D eigenvalue weighted by molar-refractivity contribution is -0.122. The molecule has 7 heteroatoms. The van der Waals surface area contributed by atoms with E-state index in [9.17, 15) is 9.59 Å². The van der Waals surface area contributed by atoms with Crippen molar-refractivity contribution < 1.29 is 9.59 Å². The van der Waals surface area contributed by atoms with Gasteiger partial charge in [0.2, 0.25) is 0 Å². The van der Waals surface area contributed by atoms with Crippen molar-refractivity contribution >= 4 is 63.4 Å². The predicted octanol–water partition coefficient (Wildman–Crippen LogP) is 4.28. The van der Waals surface area contributed by atoms with Crippen LogP contribution in [0.3, 0.4) is 0 Å². The Morgan fingerprint density at radius 2 is 1.83 bits per heavy atom. The number of carbonyl (C=O) groups excluding carboxylic acids is 2. The number of nitrogens with zero attached hydrogens (tertiary/aromatic N) is 2. The zero-order valence-corrected chi connectivity index (χ0v) is 17.7. The van der Waals surface area contributed by atoms with Crippen LogP contribution < -0.4 is 10.2 Å². The molecule has 5 nitrogen and oxygen atoms in total. The largest absolute Gasteiger partial charge is 0.347 e. The first-order valence-corrected chi connectivity index (χ1v) is 9.80. The zero-order valence-electron chi connectivity index (χ0n) is 16.1. The summed E-state index contributed by atoms with van der Waals surface area (Å²) < 4.78 is 2.04. The monoisotopic (exact) mass is 423 g/mol. The molecule has 0 radical (unpaired) electrons. The van der Waals surface area contributed by atoms with E-state index in [0.29, 0.717) is 10.7 Å². The number of aryl methyl sites for hydroxylation is 2. The number of para-hydroxylation sites is 1. The third-order valence-corrected chi connectivity index (χ3v) is 5.94. The number of fused-ring (bicyclic) bond motifs is 1. The van der Waals surface area contributed by atoms with Gasteiger partial charge >= 0.3 is 0 Å². The first-order valence-electron chi connectivity index (χ1n) is 9.01. The number of thiocarbonyl (C=S) groups is 1. The third kappa shape index (κ3) is 3.14. The van der Waals surface area contributed by atoms with Crippen LogP contribution in [0.5, 0.6) is 0 Å². The fourth-order valence-corrected chi connectivity index (χ4v) is 3.95.